The molecule has 0 saturated heterocycles. The van der Waals surface area contributed by atoms with Crippen molar-refractivity contribution in [2.24, 2.45) is 0 Å². The van der Waals surface area contributed by atoms with Gasteiger partial charge in [-0.15, -0.1) is 0 Å². The Morgan fingerprint density at radius 2 is 0.667 bits per heavy atom. The van der Waals surface area contributed by atoms with Gasteiger partial charge < -0.3 is 9.80 Å². The number of nitriles is 2. The van der Waals surface area contributed by atoms with Crippen molar-refractivity contribution in [3.05, 3.63) is 214 Å². The Balaban J connectivity index is 1.10. The van der Waals surface area contributed by atoms with Crippen LogP contribution in [-0.4, -0.2) is 0 Å². The molecule has 7 aromatic rings. The number of benzene rings is 7. The summed E-state index contributed by atoms with van der Waals surface area (Å²) >= 11 is 0. The molecule has 0 aliphatic carbocycles. The van der Waals surface area contributed by atoms with E-state index in [1.807, 2.05) is 60.7 Å². The van der Waals surface area contributed by atoms with E-state index in [1.54, 1.807) is 12.1 Å². The standard InChI is InChI=1S/C50H38N4/c1-37-13-25-47(26-14-37)53(45-9-5-3-6-10-45)49-29-19-39(20-30-49)17-23-41-33-44(36-52)42(34-43(41)35-51)24-18-40-21-31-50(32-22-40)54(46-11-7-4-8-12-46)48-27-15-38(2)16-28-48/h3-34H,1-2H3. The Morgan fingerprint density at radius 1 is 0.370 bits per heavy atom. The molecule has 0 spiro atoms. The van der Waals surface area contributed by atoms with Gasteiger partial charge in [0.05, 0.1) is 23.3 Å². The van der Waals surface area contributed by atoms with Crippen molar-refractivity contribution in [2.45, 2.75) is 13.8 Å². The predicted octanol–water partition coefficient (Wildman–Crippen LogP) is 13.3. The summed E-state index contributed by atoms with van der Waals surface area (Å²) in [6.45, 7) is 4.18. The summed E-state index contributed by atoms with van der Waals surface area (Å²) in [7, 11) is 0. The smallest absolute Gasteiger partial charge is 0.0998 e. The molecule has 0 aliphatic heterocycles. The van der Waals surface area contributed by atoms with E-state index in [1.165, 1.54) is 11.1 Å². The number of hydrogen-bond donors (Lipinski definition) is 0. The minimum Gasteiger partial charge on any atom is -0.311 e. The molecule has 4 heteroatoms. The Hall–Kier alpha value is -7.40. The van der Waals surface area contributed by atoms with Crippen LogP contribution < -0.4 is 9.80 Å². The molecule has 7 rings (SSSR count). The third kappa shape index (κ3) is 8.05. The van der Waals surface area contributed by atoms with E-state index < -0.39 is 0 Å². The van der Waals surface area contributed by atoms with Gasteiger partial charge in [-0.2, -0.15) is 10.5 Å². The van der Waals surface area contributed by atoms with Crippen LogP contribution in [0, 0.1) is 36.5 Å². The monoisotopic (exact) mass is 694 g/mol. The van der Waals surface area contributed by atoms with E-state index in [4.69, 9.17) is 0 Å². The molecule has 0 N–H and O–H groups in total. The third-order valence-electron chi connectivity index (χ3n) is 9.29. The normalized spacial score (nSPS) is 11.0. The van der Waals surface area contributed by atoms with Crippen molar-refractivity contribution >= 4 is 58.4 Å². The van der Waals surface area contributed by atoms with Crippen LogP contribution in [0.2, 0.25) is 0 Å². The molecule has 4 nitrogen and oxygen atoms in total. The molecular formula is C50H38N4. The first-order chi connectivity index (χ1) is 26.5. The highest BCUT2D eigenvalue weighted by atomic mass is 15.1. The lowest BCUT2D eigenvalue weighted by molar-refractivity contribution is 1.27. The average Bonchev–Trinajstić information content (AvgIpc) is 3.22. The topological polar surface area (TPSA) is 54.1 Å². The number of hydrogen-bond acceptors (Lipinski definition) is 4. The lowest BCUT2D eigenvalue weighted by atomic mass is 9.97. The number of para-hydroxylation sites is 2. The summed E-state index contributed by atoms with van der Waals surface area (Å²) in [5.41, 5.74) is 13.2. The van der Waals surface area contributed by atoms with Gasteiger partial charge in [0.1, 0.15) is 0 Å². The van der Waals surface area contributed by atoms with Crippen LogP contribution in [0.15, 0.2) is 170 Å². The van der Waals surface area contributed by atoms with Gasteiger partial charge in [0.25, 0.3) is 0 Å². The van der Waals surface area contributed by atoms with Gasteiger partial charge in [-0.25, -0.2) is 0 Å². The van der Waals surface area contributed by atoms with E-state index in [-0.39, 0.29) is 0 Å². The molecule has 0 aliphatic rings. The van der Waals surface area contributed by atoms with Crippen LogP contribution in [0.25, 0.3) is 24.3 Å². The summed E-state index contributed by atoms with van der Waals surface area (Å²) in [5.74, 6) is 0. The molecule has 0 heterocycles. The average molecular weight is 695 g/mol. The van der Waals surface area contributed by atoms with Crippen molar-refractivity contribution in [3.63, 3.8) is 0 Å². The lowest BCUT2D eigenvalue weighted by Gasteiger charge is -2.25. The second-order valence-electron chi connectivity index (χ2n) is 13.1. The number of aryl methyl sites for hydroxylation is 2. The maximum Gasteiger partial charge on any atom is 0.0998 e. The van der Waals surface area contributed by atoms with Gasteiger partial charge in [0.15, 0.2) is 0 Å². The third-order valence-corrected chi connectivity index (χ3v) is 9.29. The summed E-state index contributed by atoms with van der Waals surface area (Å²) in [6.07, 6.45) is 7.77. The summed E-state index contributed by atoms with van der Waals surface area (Å²) in [5, 5.41) is 20.2. The molecule has 0 amide bonds. The first-order valence-electron chi connectivity index (χ1n) is 17.9. The Bertz CT molecular complexity index is 2300. The van der Waals surface area contributed by atoms with Gasteiger partial charge in [-0.3, -0.25) is 0 Å². The van der Waals surface area contributed by atoms with Crippen LogP contribution >= 0.6 is 0 Å². The molecule has 0 atom stereocenters. The van der Waals surface area contributed by atoms with Crippen LogP contribution in [0.1, 0.15) is 44.5 Å². The van der Waals surface area contributed by atoms with Crippen molar-refractivity contribution in [1.29, 1.82) is 10.5 Å². The molecule has 54 heavy (non-hydrogen) atoms. The maximum absolute atomic E-state index is 10.1. The molecule has 0 unspecified atom stereocenters. The second-order valence-corrected chi connectivity index (χ2v) is 13.1. The zero-order valence-electron chi connectivity index (χ0n) is 30.3. The molecule has 7 aromatic carbocycles. The molecule has 258 valence electrons. The fourth-order valence-corrected chi connectivity index (χ4v) is 6.38. The quantitative estimate of drug-likeness (QED) is 0.134. The zero-order chi connectivity index (χ0) is 37.3. The van der Waals surface area contributed by atoms with Crippen molar-refractivity contribution < 1.29 is 0 Å². The van der Waals surface area contributed by atoms with Crippen molar-refractivity contribution in [2.75, 3.05) is 9.80 Å². The Labute approximate surface area is 318 Å². The van der Waals surface area contributed by atoms with E-state index in [9.17, 15) is 10.5 Å². The van der Waals surface area contributed by atoms with Crippen LogP contribution in [-0.2, 0) is 0 Å². The highest BCUT2D eigenvalue weighted by Gasteiger charge is 2.14. The molecular weight excluding hydrogens is 657 g/mol. The summed E-state index contributed by atoms with van der Waals surface area (Å²) in [6, 6.07) is 62.5. The highest BCUT2D eigenvalue weighted by molar-refractivity contribution is 5.82. The first kappa shape index (κ1) is 35.0. The van der Waals surface area contributed by atoms with E-state index in [0.29, 0.717) is 22.3 Å². The van der Waals surface area contributed by atoms with Crippen LogP contribution in [0.5, 0.6) is 0 Å². The predicted molar refractivity (Wildman–Crippen MR) is 225 cm³/mol. The SMILES string of the molecule is Cc1ccc(N(c2ccccc2)c2ccc(C=Cc3cc(C#N)c(C=Cc4ccc(N(c5ccccc5)c5ccc(C)cc5)cc4)cc3C#N)cc2)cc1. The number of anilines is 6. The molecule has 0 fully saturated rings. The number of rotatable bonds is 10. The molecule has 0 aromatic heterocycles. The van der Waals surface area contributed by atoms with E-state index in [0.717, 1.165) is 45.3 Å². The van der Waals surface area contributed by atoms with Crippen LogP contribution in [0.3, 0.4) is 0 Å². The maximum atomic E-state index is 10.1. The van der Waals surface area contributed by atoms with E-state index in [2.05, 4.69) is 157 Å². The molecule has 0 radical (unpaired) electrons. The fraction of sp³-hybridized carbons (Fsp3) is 0.0400. The van der Waals surface area contributed by atoms with Gasteiger partial charge in [0.2, 0.25) is 0 Å². The highest BCUT2D eigenvalue weighted by Crippen LogP contribution is 2.36. The largest absolute Gasteiger partial charge is 0.311 e. The summed E-state index contributed by atoms with van der Waals surface area (Å²) < 4.78 is 0. The van der Waals surface area contributed by atoms with Crippen molar-refractivity contribution in [3.8, 4) is 12.1 Å². The van der Waals surface area contributed by atoms with Gasteiger partial charge in [-0.1, -0.05) is 120 Å². The number of nitrogens with zero attached hydrogens (tertiary/aromatic N) is 4. The van der Waals surface area contributed by atoms with Gasteiger partial charge >= 0.3 is 0 Å². The first-order valence-corrected chi connectivity index (χ1v) is 17.9. The van der Waals surface area contributed by atoms with E-state index >= 15 is 0 Å². The second kappa shape index (κ2) is 16.3. The van der Waals surface area contributed by atoms with Gasteiger partial charge in [0, 0.05) is 34.1 Å². The zero-order valence-corrected chi connectivity index (χ0v) is 30.3. The minimum atomic E-state index is 0.503. The summed E-state index contributed by atoms with van der Waals surface area (Å²) in [4.78, 5) is 4.46. The fourth-order valence-electron chi connectivity index (χ4n) is 6.38. The lowest BCUT2D eigenvalue weighted by Crippen LogP contribution is -2.09. The Kier molecular flexibility index (Phi) is 10.6. The van der Waals surface area contributed by atoms with Crippen LogP contribution in [0.4, 0.5) is 34.1 Å². The minimum absolute atomic E-state index is 0.503. The molecule has 0 bridgehead atoms. The van der Waals surface area contributed by atoms with Crippen molar-refractivity contribution in [1.82, 2.24) is 0 Å². The van der Waals surface area contributed by atoms with Gasteiger partial charge in [-0.05, 0) is 121 Å². The molecule has 0 saturated carbocycles. The Morgan fingerprint density at radius 3 is 0.981 bits per heavy atom.